The summed E-state index contributed by atoms with van der Waals surface area (Å²) in [7, 11) is 0. The molecule has 0 saturated carbocycles. The van der Waals surface area contributed by atoms with Crippen molar-refractivity contribution >= 4 is 40.7 Å². The van der Waals surface area contributed by atoms with Crippen LogP contribution >= 0.6 is 0 Å². The normalized spacial score (nSPS) is 23.2. The van der Waals surface area contributed by atoms with Crippen molar-refractivity contribution < 1.29 is 24.2 Å². The van der Waals surface area contributed by atoms with E-state index in [0.29, 0.717) is 0 Å². The van der Waals surface area contributed by atoms with Crippen molar-refractivity contribution in [3.8, 4) is 0 Å². The molecule has 0 bridgehead atoms. The van der Waals surface area contributed by atoms with Crippen LogP contribution in [0.2, 0.25) is 0 Å². The highest BCUT2D eigenvalue weighted by Crippen LogP contribution is 2.53. The van der Waals surface area contributed by atoms with Crippen LogP contribution in [0.4, 0.5) is 17.1 Å². The number of hydrogen-bond acceptors (Lipinski definition) is 8. The topological polar surface area (TPSA) is 144 Å². The predicted octanol–water partition coefficient (Wildman–Crippen LogP) is 3.90. The number of carbonyl (C=O) groups is 3. The average Bonchev–Trinajstić information content (AvgIpc) is 3.40. The lowest BCUT2D eigenvalue weighted by molar-refractivity contribution is -0.385. The first-order valence-electron chi connectivity index (χ1n) is 11.7. The molecule has 0 aliphatic carbocycles. The van der Waals surface area contributed by atoms with Gasteiger partial charge in [-0.25, -0.2) is 4.90 Å². The van der Waals surface area contributed by atoms with E-state index < -0.39 is 51.4 Å². The SMILES string of the molecule is O=C(c1cccc([N+](=O)[O-])c1)[C@@H]1[C@@H]2C(=O)N(c3ccc([N+](=O)[O-])cc3)C(=O)[C@H]2[C@H]2c3ccccc3C=CN12. The molecular formula is C27H18N4O7. The molecule has 3 heterocycles. The number of rotatable bonds is 5. The Morgan fingerprint density at radius 2 is 1.47 bits per heavy atom. The summed E-state index contributed by atoms with van der Waals surface area (Å²) in [5.74, 6) is -3.59. The molecule has 188 valence electrons. The van der Waals surface area contributed by atoms with E-state index in [0.717, 1.165) is 16.0 Å². The molecule has 0 spiro atoms. The first-order valence-corrected chi connectivity index (χ1v) is 11.7. The highest BCUT2D eigenvalue weighted by molar-refractivity contribution is 6.24. The van der Waals surface area contributed by atoms with E-state index in [1.807, 2.05) is 30.3 Å². The summed E-state index contributed by atoms with van der Waals surface area (Å²) in [6.07, 6.45) is 3.51. The molecule has 38 heavy (non-hydrogen) atoms. The monoisotopic (exact) mass is 510 g/mol. The number of imide groups is 1. The van der Waals surface area contributed by atoms with Gasteiger partial charge in [0.25, 0.3) is 11.4 Å². The Morgan fingerprint density at radius 3 is 2.18 bits per heavy atom. The van der Waals surface area contributed by atoms with Crippen molar-refractivity contribution in [3.05, 3.63) is 116 Å². The van der Waals surface area contributed by atoms with Crippen molar-refractivity contribution in [2.45, 2.75) is 12.1 Å². The van der Waals surface area contributed by atoms with E-state index in [1.165, 1.54) is 48.5 Å². The second kappa shape index (κ2) is 8.44. The number of ketones is 1. The molecule has 2 saturated heterocycles. The lowest BCUT2D eigenvalue weighted by Gasteiger charge is -2.35. The first kappa shape index (κ1) is 23.2. The number of Topliss-reactive ketones (excluding diaryl/α,β-unsaturated/α-hetero) is 1. The standard InChI is InChI=1S/C27H18N4O7/c32-25(16-5-3-6-19(14-16)31(37)38)24-22-21(23-20-7-2-1-4-15(20)12-13-28(23)24)26(33)29(27(22)34)17-8-10-18(11-9-17)30(35)36/h1-14,21-24H/t21-,22-,23-,24+/m1/s1. The molecule has 0 unspecified atom stereocenters. The van der Waals surface area contributed by atoms with Gasteiger partial charge in [-0.1, -0.05) is 36.4 Å². The van der Waals surface area contributed by atoms with Gasteiger partial charge < -0.3 is 4.90 Å². The van der Waals surface area contributed by atoms with E-state index in [2.05, 4.69) is 0 Å². The van der Waals surface area contributed by atoms with Crippen LogP contribution in [0.25, 0.3) is 6.08 Å². The fourth-order valence-electron chi connectivity index (χ4n) is 5.78. The number of non-ortho nitro benzene ring substituents is 2. The molecule has 2 fully saturated rings. The van der Waals surface area contributed by atoms with Gasteiger partial charge in [-0.05, 0) is 29.3 Å². The summed E-state index contributed by atoms with van der Waals surface area (Å²) >= 11 is 0. The minimum absolute atomic E-state index is 0.0601. The van der Waals surface area contributed by atoms with Crippen LogP contribution in [0, 0.1) is 32.1 Å². The number of carbonyl (C=O) groups excluding carboxylic acids is 3. The second-order valence-corrected chi connectivity index (χ2v) is 9.29. The smallest absolute Gasteiger partial charge is 0.270 e. The minimum Gasteiger partial charge on any atom is -0.358 e. The summed E-state index contributed by atoms with van der Waals surface area (Å²) in [5, 5.41) is 22.4. The third kappa shape index (κ3) is 3.32. The maximum Gasteiger partial charge on any atom is 0.270 e. The number of amides is 2. The number of anilines is 1. The largest absolute Gasteiger partial charge is 0.358 e. The van der Waals surface area contributed by atoms with E-state index in [-0.39, 0.29) is 22.6 Å². The van der Waals surface area contributed by atoms with Gasteiger partial charge in [0.1, 0.15) is 6.04 Å². The summed E-state index contributed by atoms with van der Waals surface area (Å²) in [4.78, 5) is 65.5. The van der Waals surface area contributed by atoms with Gasteiger partial charge in [-0.2, -0.15) is 0 Å². The van der Waals surface area contributed by atoms with Crippen molar-refractivity contribution in [3.63, 3.8) is 0 Å². The summed E-state index contributed by atoms with van der Waals surface area (Å²) in [6.45, 7) is 0. The maximum atomic E-state index is 13.9. The van der Waals surface area contributed by atoms with Gasteiger partial charge in [0.15, 0.2) is 5.78 Å². The van der Waals surface area contributed by atoms with Gasteiger partial charge in [0.2, 0.25) is 11.8 Å². The average molecular weight is 510 g/mol. The number of fused-ring (bicyclic) bond motifs is 5. The van der Waals surface area contributed by atoms with Gasteiger partial charge in [-0.3, -0.25) is 34.6 Å². The molecule has 0 radical (unpaired) electrons. The molecule has 3 aromatic rings. The Morgan fingerprint density at radius 1 is 0.789 bits per heavy atom. The van der Waals surface area contributed by atoms with Crippen LogP contribution in [-0.4, -0.2) is 38.4 Å². The predicted molar refractivity (Wildman–Crippen MR) is 134 cm³/mol. The molecular weight excluding hydrogens is 492 g/mol. The van der Waals surface area contributed by atoms with Gasteiger partial charge >= 0.3 is 0 Å². The lowest BCUT2D eigenvalue weighted by Crippen LogP contribution is -2.44. The van der Waals surface area contributed by atoms with Crippen molar-refractivity contribution in [1.29, 1.82) is 0 Å². The molecule has 6 rings (SSSR count). The highest BCUT2D eigenvalue weighted by atomic mass is 16.6. The molecule has 0 aromatic heterocycles. The van der Waals surface area contributed by atoms with Crippen LogP contribution in [0.5, 0.6) is 0 Å². The van der Waals surface area contributed by atoms with Crippen molar-refractivity contribution in [2.24, 2.45) is 11.8 Å². The zero-order valence-corrected chi connectivity index (χ0v) is 19.5. The summed E-state index contributed by atoms with van der Waals surface area (Å²) in [6, 6.07) is 16.1. The number of nitrogens with zero attached hydrogens (tertiary/aromatic N) is 4. The second-order valence-electron chi connectivity index (χ2n) is 9.29. The molecule has 0 N–H and O–H groups in total. The minimum atomic E-state index is -1.09. The molecule has 3 aliphatic rings. The fourth-order valence-corrected chi connectivity index (χ4v) is 5.78. The van der Waals surface area contributed by atoms with Crippen LogP contribution in [0.3, 0.4) is 0 Å². The third-order valence-corrected chi connectivity index (χ3v) is 7.39. The highest BCUT2D eigenvalue weighted by Gasteiger charge is 2.64. The zero-order chi connectivity index (χ0) is 26.7. The van der Waals surface area contributed by atoms with E-state index >= 15 is 0 Å². The number of hydrogen-bond donors (Lipinski definition) is 0. The zero-order valence-electron chi connectivity index (χ0n) is 19.5. The number of benzene rings is 3. The molecule has 11 nitrogen and oxygen atoms in total. The van der Waals surface area contributed by atoms with Crippen LogP contribution in [0.1, 0.15) is 27.5 Å². The van der Waals surface area contributed by atoms with E-state index in [4.69, 9.17) is 0 Å². The first-order chi connectivity index (χ1) is 18.3. The maximum absolute atomic E-state index is 13.9. The van der Waals surface area contributed by atoms with Gasteiger partial charge in [0, 0.05) is 36.0 Å². The van der Waals surface area contributed by atoms with Gasteiger partial charge in [-0.15, -0.1) is 0 Å². The quantitative estimate of drug-likeness (QED) is 0.218. The van der Waals surface area contributed by atoms with Crippen LogP contribution < -0.4 is 4.90 Å². The lowest BCUT2D eigenvalue weighted by atomic mass is 9.83. The number of nitro groups is 2. The Labute approximate surface area is 214 Å². The number of nitro benzene ring substituents is 2. The molecule has 3 aliphatic heterocycles. The Hall–Kier alpha value is -5.19. The third-order valence-electron chi connectivity index (χ3n) is 7.39. The van der Waals surface area contributed by atoms with Crippen LogP contribution in [-0.2, 0) is 9.59 Å². The molecule has 3 aromatic carbocycles. The summed E-state index contributed by atoms with van der Waals surface area (Å²) in [5.41, 5.74) is 1.42. The molecule has 11 heteroatoms. The van der Waals surface area contributed by atoms with Crippen molar-refractivity contribution in [2.75, 3.05) is 4.90 Å². The van der Waals surface area contributed by atoms with E-state index in [1.54, 1.807) is 11.1 Å². The molecule has 2 amide bonds. The van der Waals surface area contributed by atoms with Gasteiger partial charge in [0.05, 0.1) is 33.4 Å². The Bertz CT molecular complexity index is 1580. The van der Waals surface area contributed by atoms with Crippen LogP contribution in [0.15, 0.2) is 79.0 Å². The Balaban J connectivity index is 1.47. The summed E-state index contributed by atoms with van der Waals surface area (Å²) < 4.78 is 0. The molecule has 4 atom stereocenters. The van der Waals surface area contributed by atoms with Crippen molar-refractivity contribution in [1.82, 2.24) is 4.90 Å². The fraction of sp³-hybridized carbons (Fsp3) is 0.148. The van der Waals surface area contributed by atoms with E-state index in [9.17, 15) is 34.6 Å². The Kier molecular flexibility index (Phi) is 5.16.